The molecule has 1 aliphatic heterocycles. The van der Waals surface area contributed by atoms with E-state index in [0.29, 0.717) is 18.7 Å². The van der Waals surface area contributed by atoms with Crippen LogP contribution in [0.5, 0.6) is 5.88 Å². The summed E-state index contributed by atoms with van der Waals surface area (Å²) in [4.78, 5) is 3.36. The molecule has 0 radical (unpaired) electrons. The summed E-state index contributed by atoms with van der Waals surface area (Å²) in [6.45, 7) is 2.12. The van der Waals surface area contributed by atoms with E-state index in [0.717, 1.165) is 28.2 Å². The number of hydrogen-bond acceptors (Lipinski definition) is 4. The molecule has 1 aromatic carbocycles. The smallest absolute Gasteiger partial charge is 0.248 e. The van der Waals surface area contributed by atoms with Gasteiger partial charge in [-0.05, 0) is 38.0 Å². The quantitative estimate of drug-likeness (QED) is 0.833. The van der Waals surface area contributed by atoms with Gasteiger partial charge in [0.25, 0.3) is 0 Å². The lowest BCUT2D eigenvalue weighted by Gasteiger charge is -2.31. The molecule has 0 amide bonds. The van der Waals surface area contributed by atoms with Crippen LogP contribution in [0.4, 0.5) is 8.78 Å². The zero-order chi connectivity index (χ0) is 18.0. The van der Waals surface area contributed by atoms with Gasteiger partial charge >= 0.3 is 0 Å². The molecule has 0 bridgehead atoms. The third-order valence-electron chi connectivity index (χ3n) is 4.07. The molecule has 25 heavy (non-hydrogen) atoms. The molecule has 0 atom stereocenters. The molecule has 5 nitrogen and oxygen atoms in total. The van der Waals surface area contributed by atoms with Gasteiger partial charge in [0.1, 0.15) is 17.7 Å². The number of benzene rings is 1. The Kier molecular flexibility index (Phi) is 5.01. The molecule has 1 aromatic heterocycles. The van der Waals surface area contributed by atoms with E-state index in [1.165, 1.54) is 0 Å². The summed E-state index contributed by atoms with van der Waals surface area (Å²) in [5, 5.41) is 0. The van der Waals surface area contributed by atoms with Crippen LogP contribution in [-0.2, 0) is 10.0 Å². The lowest BCUT2D eigenvalue weighted by Crippen LogP contribution is -2.42. The number of piperidine rings is 1. The fourth-order valence-electron chi connectivity index (χ4n) is 2.80. The Labute approximate surface area is 145 Å². The van der Waals surface area contributed by atoms with Crippen LogP contribution in [0.15, 0.2) is 41.3 Å². The number of rotatable bonds is 4. The summed E-state index contributed by atoms with van der Waals surface area (Å²) in [7, 11) is -4.21. The predicted octanol–water partition coefficient (Wildman–Crippen LogP) is 2.90. The maximum Gasteiger partial charge on any atom is 0.248 e. The number of sulfonamides is 1. The van der Waals surface area contributed by atoms with Crippen molar-refractivity contribution in [2.45, 2.75) is 30.8 Å². The highest BCUT2D eigenvalue weighted by atomic mass is 32.2. The summed E-state index contributed by atoms with van der Waals surface area (Å²) in [5.74, 6) is -1.67. The van der Waals surface area contributed by atoms with Crippen molar-refractivity contribution < 1.29 is 21.9 Å². The number of halogens is 2. The molecule has 2 aromatic rings. The lowest BCUT2D eigenvalue weighted by molar-refractivity contribution is 0.129. The molecule has 134 valence electrons. The number of pyridine rings is 1. The normalized spacial score (nSPS) is 16.8. The summed E-state index contributed by atoms with van der Waals surface area (Å²) in [6.07, 6.45) is 0.654. The first-order valence-corrected chi connectivity index (χ1v) is 9.36. The average molecular weight is 368 g/mol. The molecule has 2 heterocycles. The van der Waals surface area contributed by atoms with Crippen LogP contribution in [-0.4, -0.2) is 36.9 Å². The lowest BCUT2D eigenvalue weighted by atomic mass is 10.1. The predicted molar refractivity (Wildman–Crippen MR) is 87.7 cm³/mol. The van der Waals surface area contributed by atoms with Gasteiger partial charge in [-0.1, -0.05) is 12.1 Å². The fraction of sp³-hybridized carbons (Fsp3) is 0.353. The topological polar surface area (TPSA) is 59.5 Å². The van der Waals surface area contributed by atoms with E-state index in [1.807, 2.05) is 19.1 Å². The standard InChI is InChI=1S/C17H18F2N2O3S/c1-12-4-2-7-16(20-12)24-13-8-10-21(11-9-13)25(22,23)17-14(18)5-3-6-15(17)19/h2-7,13H,8-11H2,1H3. The van der Waals surface area contributed by atoms with Gasteiger partial charge in [0, 0.05) is 24.8 Å². The molecule has 8 heteroatoms. The minimum Gasteiger partial charge on any atom is -0.474 e. The van der Waals surface area contributed by atoms with Crippen molar-refractivity contribution in [2.75, 3.05) is 13.1 Å². The summed E-state index contributed by atoms with van der Waals surface area (Å²) in [6, 6.07) is 8.44. The van der Waals surface area contributed by atoms with Crippen LogP contribution >= 0.6 is 0 Å². The maximum absolute atomic E-state index is 13.8. The third-order valence-corrected chi connectivity index (χ3v) is 6.02. The Bertz CT molecular complexity index is 846. The Morgan fingerprint density at radius 2 is 1.68 bits per heavy atom. The van der Waals surface area contributed by atoms with Crippen LogP contribution in [0.1, 0.15) is 18.5 Å². The second kappa shape index (κ2) is 7.05. The highest BCUT2D eigenvalue weighted by Crippen LogP contribution is 2.26. The van der Waals surface area contributed by atoms with E-state index >= 15 is 0 Å². The molecular formula is C17H18F2N2O3S. The van der Waals surface area contributed by atoms with Crippen molar-refractivity contribution in [1.29, 1.82) is 0 Å². The van der Waals surface area contributed by atoms with E-state index in [9.17, 15) is 17.2 Å². The minimum atomic E-state index is -4.21. The SMILES string of the molecule is Cc1cccc(OC2CCN(S(=O)(=O)c3c(F)cccc3F)CC2)n1. The molecule has 1 aliphatic rings. The fourth-order valence-corrected chi connectivity index (χ4v) is 4.38. The Balaban J connectivity index is 1.69. The average Bonchev–Trinajstić information content (AvgIpc) is 2.55. The van der Waals surface area contributed by atoms with Crippen molar-refractivity contribution in [2.24, 2.45) is 0 Å². The van der Waals surface area contributed by atoms with E-state index in [2.05, 4.69) is 4.98 Å². The van der Waals surface area contributed by atoms with Gasteiger partial charge < -0.3 is 4.74 Å². The molecule has 0 spiro atoms. The zero-order valence-corrected chi connectivity index (χ0v) is 14.5. The number of nitrogens with zero attached hydrogens (tertiary/aromatic N) is 2. The van der Waals surface area contributed by atoms with Crippen LogP contribution in [0.3, 0.4) is 0 Å². The number of hydrogen-bond donors (Lipinski definition) is 0. The van der Waals surface area contributed by atoms with Crippen molar-refractivity contribution in [3.63, 3.8) is 0 Å². The Morgan fingerprint density at radius 3 is 2.28 bits per heavy atom. The summed E-state index contributed by atoms with van der Waals surface area (Å²) < 4.78 is 59.6. The third kappa shape index (κ3) is 3.80. The first kappa shape index (κ1) is 17.8. The Morgan fingerprint density at radius 1 is 1.08 bits per heavy atom. The van der Waals surface area contributed by atoms with Crippen LogP contribution < -0.4 is 4.74 Å². The molecule has 1 fully saturated rings. The van der Waals surface area contributed by atoms with Gasteiger partial charge in [0.2, 0.25) is 15.9 Å². The van der Waals surface area contributed by atoms with Gasteiger partial charge in [0.15, 0.2) is 4.90 Å². The number of aryl methyl sites for hydroxylation is 1. The molecule has 3 rings (SSSR count). The molecule has 1 saturated heterocycles. The minimum absolute atomic E-state index is 0.132. The van der Waals surface area contributed by atoms with E-state index in [-0.39, 0.29) is 19.2 Å². The molecule has 0 saturated carbocycles. The first-order valence-electron chi connectivity index (χ1n) is 7.92. The second-order valence-electron chi connectivity index (χ2n) is 5.89. The van der Waals surface area contributed by atoms with Crippen molar-refractivity contribution in [3.05, 3.63) is 53.7 Å². The highest BCUT2D eigenvalue weighted by Gasteiger charge is 2.34. The highest BCUT2D eigenvalue weighted by molar-refractivity contribution is 7.89. The van der Waals surface area contributed by atoms with Gasteiger partial charge in [-0.2, -0.15) is 4.31 Å². The summed E-state index contributed by atoms with van der Waals surface area (Å²) in [5.41, 5.74) is 0.826. The van der Waals surface area contributed by atoms with Crippen LogP contribution in [0, 0.1) is 18.6 Å². The molecule has 0 N–H and O–H groups in total. The van der Waals surface area contributed by atoms with Crippen molar-refractivity contribution >= 4 is 10.0 Å². The van der Waals surface area contributed by atoms with Crippen LogP contribution in [0.2, 0.25) is 0 Å². The Hall–Kier alpha value is -2.06. The van der Waals surface area contributed by atoms with Crippen LogP contribution in [0.25, 0.3) is 0 Å². The van der Waals surface area contributed by atoms with E-state index in [1.54, 1.807) is 6.07 Å². The van der Waals surface area contributed by atoms with Gasteiger partial charge in [0.05, 0.1) is 0 Å². The van der Waals surface area contributed by atoms with E-state index < -0.39 is 26.6 Å². The number of ether oxygens (including phenoxy) is 1. The van der Waals surface area contributed by atoms with Gasteiger partial charge in [-0.15, -0.1) is 0 Å². The maximum atomic E-state index is 13.8. The van der Waals surface area contributed by atoms with Crippen molar-refractivity contribution in [1.82, 2.24) is 9.29 Å². The molecule has 0 unspecified atom stereocenters. The van der Waals surface area contributed by atoms with Gasteiger partial charge in [-0.3, -0.25) is 0 Å². The molecule has 0 aliphatic carbocycles. The first-order chi connectivity index (χ1) is 11.9. The summed E-state index contributed by atoms with van der Waals surface area (Å²) >= 11 is 0. The van der Waals surface area contributed by atoms with Crippen molar-refractivity contribution in [3.8, 4) is 5.88 Å². The van der Waals surface area contributed by atoms with Gasteiger partial charge in [-0.25, -0.2) is 22.2 Å². The molecular weight excluding hydrogens is 350 g/mol. The largest absolute Gasteiger partial charge is 0.474 e. The van der Waals surface area contributed by atoms with E-state index in [4.69, 9.17) is 4.74 Å². The second-order valence-corrected chi connectivity index (χ2v) is 7.76. The number of aromatic nitrogens is 1. The zero-order valence-electron chi connectivity index (χ0n) is 13.7. The monoisotopic (exact) mass is 368 g/mol.